The van der Waals surface area contributed by atoms with E-state index in [-0.39, 0.29) is 12.1 Å². The molecule has 3 aromatic carbocycles. The van der Waals surface area contributed by atoms with Crippen LogP contribution in [-0.2, 0) is 12.8 Å². The van der Waals surface area contributed by atoms with E-state index in [0.717, 1.165) is 24.0 Å². The van der Waals surface area contributed by atoms with Crippen LogP contribution in [0.25, 0.3) is 50.2 Å². The molecule has 3 atom stereocenters. The van der Waals surface area contributed by atoms with E-state index in [4.69, 9.17) is 0 Å². The third kappa shape index (κ3) is 3.79. The van der Waals surface area contributed by atoms with Crippen molar-refractivity contribution >= 4 is 39.0 Å². The second kappa shape index (κ2) is 10.1. The summed E-state index contributed by atoms with van der Waals surface area (Å²) in [4.78, 5) is 0. The molecule has 5 aromatic rings. The van der Waals surface area contributed by atoms with Crippen molar-refractivity contribution in [3.63, 3.8) is 0 Å². The van der Waals surface area contributed by atoms with E-state index in [1.165, 1.54) is 61.0 Å². The molecule has 0 N–H and O–H groups in total. The van der Waals surface area contributed by atoms with Crippen molar-refractivity contribution in [1.82, 2.24) is 9.13 Å². The van der Waals surface area contributed by atoms with Gasteiger partial charge in [-0.3, -0.25) is 0 Å². The molecule has 218 valence electrons. The van der Waals surface area contributed by atoms with E-state index in [0.29, 0.717) is 11.5 Å². The van der Waals surface area contributed by atoms with Crippen LogP contribution >= 0.6 is 0 Å². The highest BCUT2D eigenvalue weighted by Crippen LogP contribution is 2.52. The van der Waals surface area contributed by atoms with E-state index in [9.17, 15) is 5.26 Å². The van der Waals surface area contributed by atoms with Gasteiger partial charge < -0.3 is 9.13 Å². The summed E-state index contributed by atoms with van der Waals surface area (Å²) in [5.41, 5.74) is 14.5. The monoisotopic (exact) mass is 589 g/mol. The summed E-state index contributed by atoms with van der Waals surface area (Å²) in [5.74, 6) is 6.79. The van der Waals surface area contributed by atoms with Crippen molar-refractivity contribution < 1.29 is 0 Å². The number of para-hydroxylation sites is 1. The molecular formula is C43H31N3. The van der Waals surface area contributed by atoms with Gasteiger partial charge in [0.05, 0.1) is 23.8 Å². The van der Waals surface area contributed by atoms with Gasteiger partial charge in [-0.05, 0) is 78.5 Å². The molecule has 0 aliphatic heterocycles. The summed E-state index contributed by atoms with van der Waals surface area (Å²) < 4.78 is 5.10. The zero-order valence-electron chi connectivity index (χ0n) is 25.7. The highest BCUT2D eigenvalue weighted by Gasteiger charge is 2.38. The molecule has 0 bridgehead atoms. The van der Waals surface area contributed by atoms with Crippen LogP contribution in [0.3, 0.4) is 0 Å². The quantitative estimate of drug-likeness (QED) is 0.152. The zero-order chi connectivity index (χ0) is 30.9. The van der Waals surface area contributed by atoms with Crippen molar-refractivity contribution in [2.24, 2.45) is 5.92 Å². The molecule has 4 aliphatic rings. The maximum absolute atomic E-state index is 10.1. The molecule has 3 heteroatoms. The first kappa shape index (κ1) is 26.6. The van der Waals surface area contributed by atoms with Gasteiger partial charge in [0.15, 0.2) is 0 Å². The van der Waals surface area contributed by atoms with Gasteiger partial charge in [-0.2, -0.15) is 5.26 Å². The second-order valence-electron chi connectivity index (χ2n) is 12.5. The predicted molar refractivity (Wildman–Crippen MR) is 190 cm³/mol. The Bertz CT molecular complexity index is 2430. The fraction of sp³-hybridized carbons (Fsp3) is 0.140. The molecule has 2 aromatic heterocycles. The largest absolute Gasteiger partial charge is 0.335 e. The molecule has 0 fully saturated rings. The Hall–Kier alpha value is -5.77. The Kier molecular flexibility index (Phi) is 5.86. The lowest BCUT2D eigenvalue weighted by Crippen LogP contribution is -2.25. The van der Waals surface area contributed by atoms with Gasteiger partial charge in [0, 0.05) is 55.7 Å². The molecule has 2 heterocycles. The molecule has 4 aliphatic carbocycles. The van der Waals surface area contributed by atoms with Crippen LogP contribution in [0.4, 0.5) is 0 Å². The number of hydrogen-bond donors (Lipinski definition) is 0. The third-order valence-electron chi connectivity index (χ3n) is 10.1. The van der Waals surface area contributed by atoms with E-state index < -0.39 is 0 Å². The number of benzene rings is 3. The van der Waals surface area contributed by atoms with Gasteiger partial charge in [0.1, 0.15) is 0 Å². The topological polar surface area (TPSA) is 33.6 Å². The van der Waals surface area contributed by atoms with E-state index >= 15 is 0 Å². The standard InChI is InChI=1S/C43H31N3/c1-3-9-28(10-4-2)30-18-21-38-36(24-30)42-32-12-6-5-11-29(32)17-22-40(42)45(38)39-20-15-27(26-44)23-41(39)46-37-14-8-7-13-33(37)34-19-16-31-25-35(31)43(34)46/h3,5-9,11-16,18-21,23-25,31,39,41H,1,17,22H2,2H3/b28-9+/t31-,39?,41?/m1/s1. The second-order valence-corrected chi connectivity index (χ2v) is 12.5. The normalized spacial score (nSPS) is 20.4. The number of nitriles is 1. The lowest BCUT2D eigenvalue weighted by molar-refractivity contribution is 0.446. The number of allylic oxidation sites excluding steroid dienone is 10. The summed E-state index contributed by atoms with van der Waals surface area (Å²) in [6.07, 6.45) is 19.2. The average Bonchev–Trinajstić information content (AvgIpc) is 3.72. The van der Waals surface area contributed by atoms with E-state index in [1.807, 2.05) is 25.2 Å². The van der Waals surface area contributed by atoms with Gasteiger partial charge in [-0.15, -0.1) is 5.92 Å². The zero-order valence-corrected chi connectivity index (χ0v) is 25.7. The van der Waals surface area contributed by atoms with Crippen molar-refractivity contribution in [2.45, 2.75) is 31.8 Å². The molecule has 0 radical (unpaired) electrons. The number of aromatic nitrogens is 2. The van der Waals surface area contributed by atoms with Crippen LogP contribution in [0.15, 0.2) is 121 Å². The van der Waals surface area contributed by atoms with Gasteiger partial charge in [0.25, 0.3) is 0 Å². The SMILES string of the molecule is C=C/C=C(\C#CC)c1ccc2c(c1)c1c(n2C2C=CC(C#N)=CC2n2c3c(c4ccccc42)C=C[C@@H]2C=C32)CCc2ccccc2-1. The summed E-state index contributed by atoms with van der Waals surface area (Å²) in [6.45, 7) is 5.82. The lowest BCUT2D eigenvalue weighted by atomic mass is 9.87. The minimum Gasteiger partial charge on any atom is -0.335 e. The first-order chi connectivity index (χ1) is 22.7. The molecular weight excluding hydrogens is 558 g/mol. The average molecular weight is 590 g/mol. The minimum absolute atomic E-state index is 0.0262. The van der Waals surface area contributed by atoms with Gasteiger partial charge >= 0.3 is 0 Å². The fourth-order valence-electron chi connectivity index (χ4n) is 8.12. The van der Waals surface area contributed by atoms with Crippen molar-refractivity contribution in [3.05, 3.63) is 149 Å². The molecule has 0 spiro atoms. The van der Waals surface area contributed by atoms with Crippen LogP contribution in [-0.4, -0.2) is 9.13 Å². The summed E-state index contributed by atoms with van der Waals surface area (Å²) in [7, 11) is 0. The molecule has 0 amide bonds. The summed E-state index contributed by atoms with van der Waals surface area (Å²) in [6, 6.07) is 26.7. The van der Waals surface area contributed by atoms with Crippen molar-refractivity contribution in [1.29, 1.82) is 5.26 Å². The number of fused-ring (bicyclic) bond motifs is 10. The highest BCUT2D eigenvalue weighted by atomic mass is 15.1. The summed E-state index contributed by atoms with van der Waals surface area (Å²) >= 11 is 0. The Balaban J connectivity index is 1.33. The molecule has 3 nitrogen and oxygen atoms in total. The first-order valence-corrected chi connectivity index (χ1v) is 16.0. The first-order valence-electron chi connectivity index (χ1n) is 16.0. The Morgan fingerprint density at radius 3 is 2.61 bits per heavy atom. The van der Waals surface area contributed by atoms with Crippen molar-refractivity contribution in [3.8, 4) is 29.0 Å². The van der Waals surface area contributed by atoms with Gasteiger partial charge in [-0.1, -0.05) is 91.4 Å². The predicted octanol–water partition coefficient (Wildman–Crippen LogP) is 9.80. The number of rotatable bonds is 4. The molecule has 9 rings (SSSR count). The van der Waals surface area contributed by atoms with Crippen LogP contribution in [0.1, 0.15) is 47.1 Å². The third-order valence-corrected chi connectivity index (χ3v) is 10.1. The molecule has 2 unspecified atom stereocenters. The summed E-state index contributed by atoms with van der Waals surface area (Å²) in [5, 5.41) is 12.6. The smallest absolute Gasteiger partial charge is 0.0988 e. The van der Waals surface area contributed by atoms with Gasteiger partial charge in [-0.25, -0.2) is 0 Å². The van der Waals surface area contributed by atoms with Crippen LogP contribution in [0, 0.1) is 29.1 Å². The Labute approximate surface area is 269 Å². The van der Waals surface area contributed by atoms with Crippen molar-refractivity contribution in [2.75, 3.05) is 0 Å². The van der Waals surface area contributed by atoms with E-state index in [1.54, 1.807) is 0 Å². The van der Waals surface area contributed by atoms with Crippen LogP contribution < -0.4 is 0 Å². The minimum atomic E-state index is -0.0827. The maximum Gasteiger partial charge on any atom is 0.0988 e. The number of nitrogens with zero attached hydrogens (tertiary/aromatic N) is 3. The Morgan fingerprint density at radius 1 is 0.891 bits per heavy atom. The molecule has 0 saturated heterocycles. The van der Waals surface area contributed by atoms with Gasteiger partial charge in [0.2, 0.25) is 0 Å². The number of aryl methyl sites for hydroxylation is 1. The maximum atomic E-state index is 10.1. The fourth-order valence-corrected chi connectivity index (χ4v) is 8.12. The Morgan fingerprint density at radius 2 is 1.74 bits per heavy atom. The van der Waals surface area contributed by atoms with Crippen LogP contribution in [0.5, 0.6) is 0 Å². The molecule has 0 saturated carbocycles. The number of hydrogen-bond acceptors (Lipinski definition) is 1. The lowest BCUT2D eigenvalue weighted by Gasteiger charge is -2.33. The highest BCUT2D eigenvalue weighted by molar-refractivity contribution is 6.03. The molecule has 46 heavy (non-hydrogen) atoms. The van der Waals surface area contributed by atoms with E-state index in [2.05, 4.69) is 131 Å². The van der Waals surface area contributed by atoms with Crippen LogP contribution in [0.2, 0.25) is 0 Å².